The van der Waals surface area contributed by atoms with E-state index in [1.165, 1.54) is 0 Å². The first-order valence-electron chi connectivity index (χ1n) is 11.0. The maximum absolute atomic E-state index is 10.3. The van der Waals surface area contributed by atoms with Crippen molar-refractivity contribution in [3.05, 3.63) is 30.1 Å². The normalized spacial score (nSPS) is 12.7. The summed E-state index contributed by atoms with van der Waals surface area (Å²) in [5.41, 5.74) is 1.11. The molecule has 174 valence electrons. The van der Waals surface area contributed by atoms with Gasteiger partial charge in [0.05, 0.1) is 25.1 Å². The van der Waals surface area contributed by atoms with Gasteiger partial charge in [0.15, 0.2) is 17.0 Å². The van der Waals surface area contributed by atoms with Crippen molar-refractivity contribution in [1.82, 2.24) is 19.5 Å². The van der Waals surface area contributed by atoms with Crippen LogP contribution in [0.15, 0.2) is 24.5 Å². The first kappa shape index (κ1) is 23.6. The monoisotopic (exact) mass is 442 g/mol. The highest BCUT2D eigenvalue weighted by Gasteiger charge is 2.24. The van der Waals surface area contributed by atoms with Crippen LogP contribution in [0.25, 0.3) is 11.2 Å². The molecule has 0 saturated heterocycles. The lowest BCUT2D eigenvalue weighted by molar-refractivity contribution is 0.0646. The number of aromatic nitrogens is 4. The Bertz CT molecular complexity index is 1040. The van der Waals surface area contributed by atoms with Crippen LogP contribution in [0.3, 0.4) is 0 Å². The summed E-state index contributed by atoms with van der Waals surface area (Å²) in [6.45, 7) is 8.68. The number of benzene rings is 1. The van der Waals surface area contributed by atoms with Gasteiger partial charge in [-0.15, -0.1) is 0 Å². The van der Waals surface area contributed by atoms with Crippen molar-refractivity contribution in [1.29, 1.82) is 0 Å². The number of fused-ring (bicyclic) bond motifs is 1. The Morgan fingerprint density at radius 2 is 2.00 bits per heavy atom. The minimum absolute atomic E-state index is 0.169. The second-order valence-corrected chi connectivity index (χ2v) is 8.58. The van der Waals surface area contributed by atoms with Crippen molar-refractivity contribution in [3.63, 3.8) is 0 Å². The minimum Gasteiger partial charge on any atom is -0.508 e. The molecule has 0 aliphatic rings. The number of nitrogens with one attached hydrogen (secondary N) is 2. The van der Waals surface area contributed by atoms with E-state index in [0.717, 1.165) is 31.5 Å². The van der Waals surface area contributed by atoms with Crippen LogP contribution < -0.4 is 15.4 Å². The van der Waals surface area contributed by atoms with Gasteiger partial charge in [-0.05, 0) is 45.4 Å². The zero-order chi connectivity index (χ0) is 23.3. The van der Waals surface area contributed by atoms with Crippen molar-refractivity contribution >= 4 is 22.9 Å². The van der Waals surface area contributed by atoms with Crippen LogP contribution in [0.5, 0.6) is 11.5 Å². The smallest absolute Gasteiger partial charge is 0.227 e. The number of hydrogen-bond acceptors (Lipinski definition) is 8. The number of aromatic hydroxyl groups is 1. The summed E-state index contributed by atoms with van der Waals surface area (Å²) < 4.78 is 7.29. The second kappa shape index (κ2) is 10.0. The van der Waals surface area contributed by atoms with Gasteiger partial charge in [-0.3, -0.25) is 0 Å². The van der Waals surface area contributed by atoms with Crippen LogP contribution in [0.4, 0.5) is 11.8 Å². The number of rotatable bonds is 11. The maximum atomic E-state index is 10.3. The average Bonchev–Trinajstić information content (AvgIpc) is 3.15. The Labute approximate surface area is 188 Å². The highest BCUT2D eigenvalue weighted by Crippen LogP contribution is 2.26. The molecule has 1 aromatic carbocycles. The fourth-order valence-electron chi connectivity index (χ4n) is 3.21. The van der Waals surface area contributed by atoms with Gasteiger partial charge in [0.1, 0.15) is 11.5 Å². The standard InChI is InChI=1S/C23H34N6O3/c1-6-7-8-11-29-14-25-19-20(24-13-16-12-17(32-5)9-10-18(16)30)27-22(28-21(19)29)26-15(2)23(3,4)31/h9-10,12,14-15,30-31H,6-8,11,13H2,1-5H3,(H2,24,26,27,28). The quantitative estimate of drug-likeness (QED) is 0.330. The Kier molecular flexibility index (Phi) is 7.40. The first-order valence-corrected chi connectivity index (χ1v) is 11.0. The number of unbranched alkanes of at least 4 members (excludes halogenated alkanes) is 2. The van der Waals surface area contributed by atoms with E-state index >= 15 is 0 Å². The van der Waals surface area contributed by atoms with E-state index in [2.05, 4.69) is 32.5 Å². The molecule has 9 nitrogen and oxygen atoms in total. The zero-order valence-electron chi connectivity index (χ0n) is 19.5. The van der Waals surface area contributed by atoms with E-state index in [-0.39, 0.29) is 11.8 Å². The summed E-state index contributed by atoms with van der Waals surface area (Å²) in [7, 11) is 1.59. The largest absolute Gasteiger partial charge is 0.508 e. The van der Waals surface area contributed by atoms with Crippen LogP contribution in [0.1, 0.15) is 52.5 Å². The van der Waals surface area contributed by atoms with Gasteiger partial charge in [0.2, 0.25) is 5.95 Å². The number of methoxy groups -OCH3 is 1. The Balaban J connectivity index is 1.94. The van der Waals surface area contributed by atoms with E-state index in [1.54, 1.807) is 45.5 Å². The molecule has 0 radical (unpaired) electrons. The lowest BCUT2D eigenvalue weighted by atomic mass is 10.0. The highest BCUT2D eigenvalue weighted by molar-refractivity contribution is 5.84. The number of phenolic OH excluding ortho intramolecular Hbond substituents is 1. The third-order valence-electron chi connectivity index (χ3n) is 5.60. The second-order valence-electron chi connectivity index (χ2n) is 8.58. The predicted octanol–water partition coefficient (Wildman–Crippen LogP) is 3.91. The Morgan fingerprint density at radius 3 is 2.69 bits per heavy atom. The highest BCUT2D eigenvalue weighted by atomic mass is 16.5. The fourth-order valence-corrected chi connectivity index (χ4v) is 3.21. The van der Waals surface area contributed by atoms with E-state index in [1.807, 2.05) is 11.5 Å². The Hall–Kier alpha value is -3.07. The molecule has 2 heterocycles. The molecule has 2 aromatic heterocycles. The molecule has 0 spiro atoms. The topological polar surface area (TPSA) is 117 Å². The number of ether oxygens (including phenoxy) is 1. The number of aryl methyl sites for hydroxylation is 1. The molecule has 0 aliphatic carbocycles. The number of aliphatic hydroxyl groups is 1. The Morgan fingerprint density at radius 1 is 1.22 bits per heavy atom. The van der Waals surface area contributed by atoms with Crippen LogP contribution in [-0.2, 0) is 13.1 Å². The number of anilines is 2. The lowest BCUT2D eigenvalue weighted by Gasteiger charge is -2.26. The average molecular weight is 443 g/mol. The van der Waals surface area contributed by atoms with Crippen molar-refractivity contribution in [3.8, 4) is 11.5 Å². The molecular formula is C23H34N6O3. The molecule has 1 atom stereocenters. The van der Waals surface area contributed by atoms with Gasteiger partial charge in [0.25, 0.3) is 0 Å². The number of phenols is 1. The molecule has 3 aromatic rings. The molecular weight excluding hydrogens is 408 g/mol. The van der Waals surface area contributed by atoms with Crippen molar-refractivity contribution < 1.29 is 14.9 Å². The maximum Gasteiger partial charge on any atom is 0.227 e. The van der Waals surface area contributed by atoms with Gasteiger partial charge in [0, 0.05) is 18.7 Å². The summed E-state index contributed by atoms with van der Waals surface area (Å²) >= 11 is 0. The predicted molar refractivity (Wildman–Crippen MR) is 126 cm³/mol. The van der Waals surface area contributed by atoms with E-state index < -0.39 is 5.60 Å². The molecule has 0 aliphatic heterocycles. The number of hydrogen-bond donors (Lipinski definition) is 4. The van der Waals surface area contributed by atoms with Crippen LogP contribution in [0.2, 0.25) is 0 Å². The van der Waals surface area contributed by atoms with Gasteiger partial charge < -0.3 is 30.2 Å². The van der Waals surface area contributed by atoms with Crippen LogP contribution in [-0.4, -0.2) is 48.5 Å². The summed E-state index contributed by atoms with van der Waals surface area (Å²) in [4.78, 5) is 13.8. The van der Waals surface area contributed by atoms with Crippen LogP contribution in [0, 0.1) is 0 Å². The molecule has 0 bridgehead atoms. The zero-order valence-corrected chi connectivity index (χ0v) is 19.5. The van der Waals surface area contributed by atoms with Crippen molar-refractivity contribution in [2.75, 3.05) is 17.7 Å². The third kappa shape index (κ3) is 5.59. The SMILES string of the molecule is CCCCCn1cnc2c(NCc3cc(OC)ccc3O)nc(NC(C)C(C)(C)O)nc21. The molecule has 0 fully saturated rings. The van der Waals surface area contributed by atoms with Gasteiger partial charge in [-0.25, -0.2) is 4.98 Å². The minimum atomic E-state index is -0.945. The van der Waals surface area contributed by atoms with Crippen molar-refractivity contribution in [2.24, 2.45) is 0 Å². The van der Waals surface area contributed by atoms with Gasteiger partial charge >= 0.3 is 0 Å². The van der Waals surface area contributed by atoms with Gasteiger partial charge in [-0.1, -0.05) is 19.8 Å². The molecule has 0 saturated carbocycles. The van der Waals surface area contributed by atoms with E-state index in [4.69, 9.17) is 4.74 Å². The summed E-state index contributed by atoms with van der Waals surface area (Å²) in [6.07, 6.45) is 5.09. The summed E-state index contributed by atoms with van der Waals surface area (Å²) in [5, 5.41) is 27.0. The molecule has 9 heteroatoms. The fraction of sp³-hybridized carbons (Fsp3) is 0.522. The van der Waals surface area contributed by atoms with Gasteiger partial charge in [-0.2, -0.15) is 9.97 Å². The van der Waals surface area contributed by atoms with Crippen molar-refractivity contribution in [2.45, 2.75) is 71.7 Å². The molecule has 32 heavy (non-hydrogen) atoms. The van der Waals surface area contributed by atoms with E-state index in [9.17, 15) is 10.2 Å². The van der Waals surface area contributed by atoms with E-state index in [0.29, 0.717) is 35.1 Å². The third-order valence-corrected chi connectivity index (χ3v) is 5.60. The first-order chi connectivity index (χ1) is 15.2. The summed E-state index contributed by atoms with van der Waals surface area (Å²) in [5.74, 6) is 1.79. The number of nitrogens with zero attached hydrogens (tertiary/aromatic N) is 4. The molecule has 4 N–H and O–H groups in total. The lowest BCUT2D eigenvalue weighted by Crippen LogP contribution is -2.39. The summed E-state index contributed by atoms with van der Waals surface area (Å²) in [6, 6.07) is 4.82. The molecule has 1 unspecified atom stereocenters. The molecule has 0 amide bonds. The van der Waals surface area contributed by atoms with Crippen LogP contribution >= 0.6 is 0 Å². The molecule has 3 rings (SSSR count). The number of imidazole rings is 1.